The van der Waals surface area contributed by atoms with Crippen molar-refractivity contribution in [2.75, 3.05) is 13.6 Å². The molecule has 1 unspecified atom stereocenters. The molecular weight excluding hydrogens is 204 g/mol. The fourth-order valence-corrected chi connectivity index (χ4v) is 1.05. The van der Waals surface area contributed by atoms with Crippen LogP contribution in [0.3, 0.4) is 0 Å². The van der Waals surface area contributed by atoms with Gasteiger partial charge in [0.2, 0.25) is 0 Å². The maximum absolute atomic E-state index is 4.06. The van der Waals surface area contributed by atoms with Crippen LogP contribution < -0.4 is 17.0 Å². The highest BCUT2D eigenvalue weighted by Crippen LogP contribution is 2.08. The molecule has 1 aliphatic rings. The predicted octanol–water partition coefficient (Wildman–Crippen LogP) is -1.25. The molecule has 0 amide bonds. The lowest BCUT2D eigenvalue weighted by molar-refractivity contribution is -0.756. The van der Waals surface area contributed by atoms with Gasteiger partial charge in [0.1, 0.15) is 6.20 Å². The number of quaternary nitrogens is 1. The molecule has 2 nitrogen and oxygen atoms in total. The lowest BCUT2D eigenvalue weighted by Crippen LogP contribution is -3.00. The quantitative estimate of drug-likeness (QED) is 0.526. The number of nitrogens with zero attached hydrogens (tertiary/aromatic N) is 2. The van der Waals surface area contributed by atoms with Crippen LogP contribution >= 0.6 is 0 Å². The highest BCUT2D eigenvalue weighted by Gasteiger charge is 2.17. The van der Waals surface area contributed by atoms with Gasteiger partial charge in [0.05, 0.1) is 19.8 Å². The van der Waals surface area contributed by atoms with E-state index in [1.165, 1.54) is 19.4 Å². The van der Waals surface area contributed by atoms with E-state index >= 15 is 0 Å². The largest absolute Gasteiger partial charge is 1.00 e. The second kappa shape index (κ2) is 4.67. The summed E-state index contributed by atoms with van der Waals surface area (Å²) in [5, 5.41) is 0. The van der Waals surface area contributed by atoms with E-state index in [9.17, 15) is 0 Å². The summed E-state index contributed by atoms with van der Waals surface area (Å²) in [6.07, 6.45) is 8.50. The third-order valence-electron chi connectivity index (χ3n) is 1.82. The molecular formula is C8H15BrN2. The number of aliphatic imine (C=N–C) groups is 1. The lowest BCUT2D eigenvalue weighted by Gasteiger charge is -2.20. The van der Waals surface area contributed by atoms with Gasteiger partial charge in [-0.05, 0) is 6.42 Å². The molecule has 0 aromatic carbocycles. The van der Waals surface area contributed by atoms with Crippen LogP contribution in [0.15, 0.2) is 17.4 Å². The lowest BCUT2D eigenvalue weighted by atomic mass is 10.3. The molecule has 0 bridgehead atoms. The van der Waals surface area contributed by atoms with Crippen molar-refractivity contribution in [2.24, 2.45) is 4.99 Å². The molecule has 11 heavy (non-hydrogen) atoms. The van der Waals surface area contributed by atoms with Crippen molar-refractivity contribution < 1.29 is 21.5 Å². The summed E-state index contributed by atoms with van der Waals surface area (Å²) < 4.78 is 0.883. The van der Waals surface area contributed by atoms with Gasteiger partial charge in [0, 0.05) is 0 Å². The monoisotopic (exact) mass is 218 g/mol. The van der Waals surface area contributed by atoms with Crippen LogP contribution in [-0.2, 0) is 0 Å². The normalized spacial score (nSPS) is 27.1. The fourth-order valence-electron chi connectivity index (χ4n) is 1.05. The van der Waals surface area contributed by atoms with Gasteiger partial charge in [0.25, 0.3) is 0 Å². The SMILES string of the molecule is CCCC[N+]1(C)C=CN=C1.[Br-]. The predicted molar refractivity (Wildman–Crippen MR) is 43.6 cm³/mol. The standard InChI is InChI=1S/C8H15N2.BrH/c1-3-4-6-10(2)7-5-9-8-10;/h5,7-8H,3-4,6H2,1-2H3;1H/q+1;/p-1. The van der Waals surface area contributed by atoms with Gasteiger partial charge in [-0.2, -0.15) is 0 Å². The van der Waals surface area contributed by atoms with Crippen LogP contribution in [0.25, 0.3) is 0 Å². The Morgan fingerprint density at radius 3 is 2.64 bits per heavy atom. The Hall–Kier alpha value is -0.150. The van der Waals surface area contributed by atoms with Gasteiger partial charge in [0.15, 0.2) is 6.34 Å². The molecule has 3 heteroatoms. The van der Waals surface area contributed by atoms with E-state index in [0.717, 1.165) is 4.48 Å². The highest BCUT2D eigenvalue weighted by molar-refractivity contribution is 5.50. The molecule has 0 aromatic heterocycles. The van der Waals surface area contributed by atoms with E-state index < -0.39 is 0 Å². The summed E-state index contributed by atoms with van der Waals surface area (Å²) in [5.74, 6) is 0. The van der Waals surface area contributed by atoms with Crippen LogP contribution in [-0.4, -0.2) is 24.4 Å². The van der Waals surface area contributed by atoms with Crippen LogP contribution in [0.2, 0.25) is 0 Å². The van der Waals surface area contributed by atoms with E-state index in [1.807, 2.05) is 12.5 Å². The van der Waals surface area contributed by atoms with Crippen molar-refractivity contribution in [1.82, 2.24) is 0 Å². The minimum Gasteiger partial charge on any atom is -1.00 e. The first-order valence-electron chi connectivity index (χ1n) is 3.84. The van der Waals surface area contributed by atoms with E-state index in [1.54, 1.807) is 0 Å². The van der Waals surface area contributed by atoms with Crippen molar-refractivity contribution in [3.05, 3.63) is 12.4 Å². The first-order chi connectivity index (χ1) is 4.77. The molecule has 64 valence electrons. The summed E-state index contributed by atoms with van der Waals surface area (Å²) >= 11 is 0. The third kappa shape index (κ3) is 3.16. The first-order valence-corrected chi connectivity index (χ1v) is 3.84. The van der Waals surface area contributed by atoms with Crippen molar-refractivity contribution in [3.8, 4) is 0 Å². The molecule has 0 spiro atoms. The average molecular weight is 219 g/mol. The molecule has 0 N–H and O–H groups in total. The maximum atomic E-state index is 4.06. The Morgan fingerprint density at radius 1 is 1.45 bits per heavy atom. The van der Waals surface area contributed by atoms with Crippen molar-refractivity contribution in [1.29, 1.82) is 0 Å². The molecule has 0 fully saturated rings. The maximum Gasteiger partial charge on any atom is 0.194 e. The Kier molecular flexibility index (Phi) is 4.61. The summed E-state index contributed by atoms with van der Waals surface area (Å²) in [6.45, 7) is 3.39. The number of hydrogen-bond acceptors (Lipinski definition) is 1. The number of unbranched alkanes of at least 4 members (excludes halogenated alkanes) is 1. The van der Waals surface area contributed by atoms with Gasteiger partial charge in [-0.3, -0.25) is 4.48 Å². The van der Waals surface area contributed by atoms with Crippen molar-refractivity contribution >= 4 is 6.34 Å². The molecule has 0 aliphatic carbocycles. The Labute approximate surface area is 79.0 Å². The highest BCUT2D eigenvalue weighted by atomic mass is 79.9. The summed E-state index contributed by atoms with van der Waals surface area (Å²) in [5.41, 5.74) is 0. The molecule has 0 saturated heterocycles. The summed E-state index contributed by atoms with van der Waals surface area (Å²) in [7, 11) is 2.17. The van der Waals surface area contributed by atoms with Crippen LogP contribution in [0.1, 0.15) is 19.8 Å². The van der Waals surface area contributed by atoms with Crippen LogP contribution in [0.4, 0.5) is 0 Å². The van der Waals surface area contributed by atoms with Gasteiger partial charge >= 0.3 is 0 Å². The molecule has 1 rings (SSSR count). The molecule has 1 heterocycles. The smallest absolute Gasteiger partial charge is 0.194 e. The Balaban J connectivity index is 0.000001000. The van der Waals surface area contributed by atoms with E-state index in [-0.39, 0.29) is 17.0 Å². The van der Waals surface area contributed by atoms with Gasteiger partial charge < -0.3 is 17.0 Å². The molecule has 1 atom stereocenters. The number of halogens is 1. The molecule has 0 saturated carbocycles. The Bertz CT molecular complexity index is 151. The molecule has 1 aliphatic heterocycles. The van der Waals surface area contributed by atoms with E-state index in [0.29, 0.717) is 0 Å². The first kappa shape index (κ1) is 10.8. The zero-order chi connectivity index (χ0) is 7.45. The van der Waals surface area contributed by atoms with Gasteiger partial charge in [-0.15, -0.1) is 0 Å². The minimum absolute atomic E-state index is 0. The molecule has 0 aromatic rings. The topological polar surface area (TPSA) is 12.4 Å². The summed E-state index contributed by atoms with van der Waals surface area (Å²) in [6, 6.07) is 0. The second-order valence-corrected chi connectivity index (χ2v) is 2.99. The van der Waals surface area contributed by atoms with Crippen molar-refractivity contribution in [3.63, 3.8) is 0 Å². The van der Waals surface area contributed by atoms with Crippen LogP contribution in [0.5, 0.6) is 0 Å². The number of hydrogen-bond donors (Lipinski definition) is 0. The van der Waals surface area contributed by atoms with Crippen molar-refractivity contribution in [2.45, 2.75) is 19.8 Å². The molecule has 0 radical (unpaired) electrons. The zero-order valence-electron chi connectivity index (χ0n) is 7.13. The van der Waals surface area contributed by atoms with Crippen LogP contribution in [0, 0.1) is 0 Å². The fraction of sp³-hybridized carbons (Fsp3) is 0.625. The number of rotatable bonds is 3. The third-order valence-corrected chi connectivity index (χ3v) is 1.82. The average Bonchev–Trinajstić information content (AvgIpc) is 2.33. The second-order valence-electron chi connectivity index (χ2n) is 2.99. The van der Waals surface area contributed by atoms with Gasteiger partial charge in [-0.1, -0.05) is 13.3 Å². The zero-order valence-corrected chi connectivity index (χ0v) is 8.71. The van der Waals surface area contributed by atoms with Gasteiger partial charge in [-0.25, -0.2) is 4.99 Å². The van der Waals surface area contributed by atoms with E-state index in [4.69, 9.17) is 0 Å². The summed E-state index contributed by atoms with van der Waals surface area (Å²) in [4.78, 5) is 4.06. The Morgan fingerprint density at radius 2 is 2.18 bits per heavy atom. The minimum atomic E-state index is 0. The van der Waals surface area contributed by atoms with E-state index in [2.05, 4.69) is 25.2 Å².